The van der Waals surface area contributed by atoms with Crippen molar-refractivity contribution in [1.29, 1.82) is 5.26 Å². The van der Waals surface area contributed by atoms with E-state index in [2.05, 4.69) is 5.32 Å². The monoisotopic (exact) mass is 299 g/mol. The number of nitriles is 1. The van der Waals surface area contributed by atoms with Crippen LogP contribution in [0.5, 0.6) is 0 Å². The van der Waals surface area contributed by atoms with Crippen LogP contribution in [0.25, 0.3) is 0 Å². The van der Waals surface area contributed by atoms with E-state index in [1.54, 1.807) is 6.92 Å². The van der Waals surface area contributed by atoms with Crippen molar-refractivity contribution < 1.29 is 12.8 Å². The van der Waals surface area contributed by atoms with Gasteiger partial charge in [0.25, 0.3) is 0 Å². The molecule has 0 heterocycles. The van der Waals surface area contributed by atoms with Gasteiger partial charge in [0, 0.05) is 20.1 Å². The van der Waals surface area contributed by atoms with Crippen molar-refractivity contribution in [2.45, 2.75) is 13.3 Å². The third-order valence-corrected chi connectivity index (χ3v) is 4.77. The fourth-order valence-electron chi connectivity index (χ4n) is 1.61. The lowest BCUT2D eigenvalue weighted by Gasteiger charge is -2.16. The molecule has 1 aromatic carbocycles. The number of anilines is 1. The molecule has 20 heavy (non-hydrogen) atoms. The van der Waals surface area contributed by atoms with Gasteiger partial charge < -0.3 is 5.32 Å². The van der Waals surface area contributed by atoms with Crippen LogP contribution in [0.15, 0.2) is 18.2 Å². The fourth-order valence-corrected chi connectivity index (χ4v) is 2.46. The van der Waals surface area contributed by atoms with Crippen LogP contribution in [-0.4, -0.2) is 38.6 Å². The number of benzene rings is 1. The Morgan fingerprint density at radius 2 is 2.15 bits per heavy atom. The highest BCUT2D eigenvalue weighted by molar-refractivity contribution is 7.89. The van der Waals surface area contributed by atoms with Crippen LogP contribution in [0.1, 0.15) is 18.9 Å². The number of nitrogens with zero attached hydrogens (tertiary/aromatic N) is 2. The maximum atomic E-state index is 13.5. The Balaban J connectivity index is 2.44. The molecule has 0 aliphatic carbocycles. The first kappa shape index (κ1) is 16.4. The van der Waals surface area contributed by atoms with Crippen molar-refractivity contribution in [3.8, 4) is 6.07 Å². The third-order valence-electron chi connectivity index (χ3n) is 2.90. The fraction of sp³-hybridized carbons (Fsp3) is 0.462. The molecule has 110 valence electrons. The SMILES string of the molecule is CCS(=O)(=O)N(C)CCCNc1ccc(C#N)cc1F. The Labute approximate surface area is 119 Å². The average Bonchev–Trinajstić information content (AvgIpc) is 2.44. The molecule has 0 aliphatic heterocycles. The minimum absolute atomic E-state index is 0.0706. The van der Waals surface area contributed by atoms with Crippen molar-refractivity contribution in [3.05, 3.63) is 29.6 Å². The second-order valence-electron chi connectivity index (χ2n) is 4.31. The first-order valence-electron chi connectivity index (χ1n) is 6.28. The summed E-state index contributed by atoms with van der Waals surface area (Å²) < 4.78 is 37.8. The zero-order valence-electron chi connectivity index (χ0n) is 11.6. The molecule has 0 atom stereocenters. The largest absolute Gasteiger partial charge is 0.383 e. The smallest absolute Gasteiger partial charge is 0.213 e. The molecule has 1 N–H and O–H groups in total. The predicted octanol–water partition coefficient (Wildman–Crippen LogP) is 1.78. The molecule has 0 radical (unpaired) electrons. The molecule has 0 amide bonds. The van der Waals surface area contributed by atoms with Crippen LogP contribution in [-0.2, 0) is 10.0 Å². The Hall–Kier alpha value is -1.65. The van der Waals surface area contributed by atoms with Crippen molar-refractivity contribution in [2.75, 3.05) is 31.2 Å². The predicted molar refractivity (Wildman–Crippen MR) is 76.3 cm³/mol. The van der Waals surface area contributed by atoms with Crippen molar-refractivity contribution in [2.24, 2.45) is 0 Å². The number of hydrogen-bond donors (Lipinski definition) is 1. The number of halogens is 1. The second kappa shape index (κ2) is 7.22. The number of sulfonamides is 1. The van der Waals surface area contributed by atoms with Gasteiger partial charge in [0.05, 0.1) is 23.1 Å². The van der Waals surface area contributed by atoms with Gasteiger partial charge >= 0.3 is 0 Å². The Morgan fingerprint density at radius 3 is 2.70 bits per heavy atom. The standard InChI is InChI=1S/C13H18FN3O2S/c1-3-20(18,19)17(2)8-4-7-16-13-6-5-11(10-15)9-12(13)14/h5-6,9,16H,3-4,7-8H2,1-2H3. The first-order chi connectivity index (χ1) is 9.40. The molecule has 1 aromatic rings. The van der Waals surface area contributed by atoms with Crippen LogP contribution < -0.4 is 5.32 Å². The highest BCUT2D eigenvalue weighted by atomic mass is 32.2. The highest BCUT2D eigenvalue weighted by Crippen LogP contribution is 2.15. The molecule has 0 aliphatic rings. The van der Waals surface area contributed by atoms with Gasteiger partial charge in [-0.1, -0.05) is 0 Å². The molecule has 1 rings (SSSR count). The van der Waals surface area contributed by atoms with E-state index in [9.17, 15) is 12.8 Å². The van der Waals surface area contributed by atoms with E-state index in [-0.39, 0.29) is 11.3 Å². The van der Waals surface area contributed by atoms with Gasteiger partial charge in [-0.2, -0.15) is 5.26 Å². The van der Waals surface area contributed by atoms with E-state index in [0.717, 1.165) is 6.07 Å². The second-order valence-corrected chi connectivity index (χ2v) is 6.67. The molecule has 0 aromatic heterocycles. The molecule has 0 fully saturated rings. The molecule has 0 saturated heterocycles. The van der Waals surface area contributed by atoms with Crippen LogP contribution in [0.4, 0.5) is 10.1 Å². The van der Waals surface area contributed by atoms with E-state index in [1.807, 2.05) is 6.07 Å². The minimum Gasteiger partial charge on any atom is -0.383 e. The normalized spacial score (nSPS) is 11.3. The maximum absolute atomic E-state index is 13.5. The van der Waals surface area contributed by atoms with Crippen LogP contribution in [0.3, 0.4) is 0 Å². The quantitative estimate of drug-likeness (QED) is 0.779. The zero-order chi connectivity index (χ0) is 15.2. The minimum atomic E-state index is -3.17. The molecule has 5 nitrogen and oxygen atoms in total. The van der Waals surface area contributed by atoms with Crippen LogP contribution in [0, 0.1) is 17.1 Å². The topological polar surface area (TPSA) is 73.2 Å². The van der Waals surface area contributed by atoms with Crippen LogP contribution in [0.2, 0.25) is 0 Å². The van der Waals surface area contributed by atoms with Gasteiger partial charge in [-0.15, -0.1) is 0 Å². The molecule has 0 bridgehead atoms. The lowest BCUT2D eigenvalue weighted by Crippen LogP contribution is -2.30. The summed E-state index contributed by atoms with van der Waals surface area (Å²) in [4.78, 5) is 0. The molecule has 0 saturated carbocycles. The van der Waals surface area contributed by atoms with E-state index < -0.39 is 15.8 Å². The van der Waals surface area contributed by atoms with Gasteiger partial charge in [0.1, 0.15) is 5.82 Å². The Kier molecular flexibility index (Phi) is 5.92. The van der Waals surface area contributed by atoms with Gasteiger partial charge in [0.15, 0.2) is 0 Å². The summed E-state index contributed by atoms with van der Waals surface area (Å²) >= 11 is 0. The summed E-state index contributed by atoms with van der Waals surface area (Å²) in [6.07, 6.45) is 0.565. The summed E-state index contributed by atoms with van der Waals surface area (Å²) in [5, 5.41) is 11.5. The van der Waals surface area contributed by atoms with Gasteiger partial charge in [-0.25, -0.2) is 17.1 Å². The molecular weight excluding hydrogens is 281 g/mol. The van der Waals surface area contributed by atoms with E-state index in [0.29, 0.717) is 25.2 Å². The average molecular weight is 299 g/mol. The third kappa shape index (κ3) is 4.47. The molecule has 7 heteroatoms. The molecule has 0 unspecified atom stereocenters. The van der Waals surface area contributed by atoms with E-state index in [1.165, 1.54) is 23.5 Å². The lowest BCUT2D eigenvalue weighted by atomic mass is 10.2. The Morgan fingerprint density at radius 1 is 1.45 bits per heavy atom. The van der Waals surface area contributed by atoms with E-state index >= 15 is 0 Å². The summed E-state index contributed by atoms with van der Waals surface area (Å²) in [6.45, 7) is 2.42. The summed E-state index contributed by atoms with van der Waals surface area (Å²) in [5.41, 5.74) is 0.576. The van der Waals surface area contributed by atoms with Crippen molar-refractivity contribution in [3.63, 3.8) is 0 Å². The molecular formula is C13H18FN3O2S. The summed E-state index contributed by atoms with van der Waals surface area (Å²) in [5.74, 6) is -0.417. The Bertz CT molecular complexity index is 596. The summed E-state index contributed by atoms with van der Waals surface area (Å²) in [7, 11) is -1.64. The maximum Gasteiger partial charge on any atom is 0.213 e. The van der Waals surface area contributed by atoms with Gasteiger partial charge in [-0.05, 0) is 31.5 Å². The van der Waals surface area contributed by atoms with Gasteiger partial charge in [-0.3, -0.25) is 0 Å². The first-order valence-corrected chi connectivity index (χ1v) is 7.89. The highest BCUT2D eigenvalue weighted by Gasteiger charge is 2.13. The molecule has 0 spiro atoms. The lowest BCUT2D eigenvalue weighted by molar-refractivity contribution is 0.466. The zero-order valence-corrected chi connectivity index (χ0v) is 12.4. The van der Waals surface area contributed by atoms with Crippen molar-refractivity contribution in [1.82, 2.24) is 4.31 Å². The van der Waals surface area contributed by atoms with E-state index in [4.69, 9.17) is 5.26 Å². The summed E-state index contributed by atoms with van der Waals surface area (Å²) in [6, 6.07) is 6.05. The van der Waals surface area contributed by atoms with Crippen LogP contribution >= 0.6 is 0 Å². The number of hydrogen-bond acceptors (Lipinski definition) is 4. The number of nitrogens with one attached hydrogen (secondary N) is 1. The number of rotatable bonds is 7. The van der Waals surface area contributed by atoms with Gasteiger partial charge in [0.2, 0.25) is 10.0 Å². The van der Waals surface area contributed by atoms with Crippen molar-refractivity contribution >= 4 is 15.7 Å².